The Kier molecular flexibility index (Phi) is 6.07. The van der Waals surface area contributed by atoms with Gasteiger partial charge in [0, 0.05) is 32.3 Å². The van der Waals surface area contributed by atoms with Gasteiger partial charge in [0.1, 0.15) is 0 Å². The second-order valence-corrected chi connectivity index (χ2v) is 6.35. The Morgan fingerprint density at radius 2 is 1.96 bits per heavy atom. The summed E-state index contributed by atoms with van der Waals surface area (Å²) in [6, 6.07) is 9.79. The molecule has 2 heterocycles. The number of benzene rings is 1. The Balaban J connectivity index is 1.50. The molecule has 26 heavy (non-hydrogen) atoms. The van der Waals surface area contributed by atoms with Crippen molar-refractivity contribution in [2.75, 3.05) is 27.3 Å². The Hall–Kier alpha value is -2.60. The van der Waals surface area contributed by atoms with E-state index in [1.165, 1.54) is 11.1 Å². The molecule has 1 aromatic carbocycles. The van der Waals surface area contributed by atoms with Crippen LogP contribution in [-0.2, 0) is 24.3 Å². The smallest absolute Gasteiger partial charge is 0.221 e. The third-order valence-electron chi connectivity index (χ3n) is 4.65. The average molecular weight is 355 g/mol. The van der Waals surface area contributed by atoms with Gasteiger partial charge in [0.2, 0.25) is 5.91 Å². The molecular weight excluding hydrogens is 330 g/mol. The summed E-state index contributed by atoms with van der Waals surface area (Å²) >= 11 is 0. The number of fused-ring (bicyclic) bond motifs is 1. The first-order valence-electron chi connectivity index (χ1n) is 8.82. The summed E-state index contributed by atoms with van der Waals surface area (Å²) in [6.07, 6.45) is 3.16. The lowest BCUT2D eigenvalue weighted by Crippen LogP contribution is -2.34. The van der Waals surface area contributed by atoms with Crippen LogP contribution >= 0.6 is 0 Å². The van der Waals surface area contributed by atoms with Crippen molar-refractivity contribution in [3.8, 4) is 11.5 Å². The van der Waals surface area contributed by atoms with Gasteiger partial charge >= 0.3 is 0 Å². The van der Waals surface area contributed by atoms with Crippen LogP contribution in [-0.4, -0.2) is 43.1 Å². The third kappa shape index (κ3) is 4.52. The predicted molar refractivity (Wildman–Crippen MR) is 99.2 cm³/mol. The van der Waals surface area contributed by atoms with Gasteiger partial charge in [-0.3, -0.25) is 14.7 Å². The highest BCUT2D eigenvalue weighted by Crippen LogP contribution is 2.33. The van der Waals surface area contributed by atoms with E-state index in [-0.39, 0.29) is 5.91 Å². The number of nitrogens with zero attached hydrogens (tertiary/aromatic N) is 2. The molecule has 0 fully saturated rings. The number of hydrogen-bond donors (Lipinski definition) is 1. The SMILES string of the molecule is COc1cc2c(cc1OC)CN(CCC(=O)NCc1ccccn1)CC2. The number of hydrogen-bond acceptors (Lipinski definition) is 5. The molecule has 0 saturated heterocycles. The normalized spacial score (nSPS) is 13.8. The lowest BCUT2D eigenvalue weighted by Gasteiger charge is -2.29. The van der Waals surface area contributed by atoms with E-state index >= 15 is 0 Å². The number of nitrogens with one attached hydrogen (secondary N) is 1. The van der Waals surface area contributed by atoms with Gasteiger partial charge in [-0.05, 0) is 41.8 Å². The van der Waals surface area contributed by atoms with E-state index in [0.717, 1.165) is 43.2 Å². The van der Waals surface area contributed by atoms with Crippen molar-refractivity contribution in [3.05, 3.63) is 53.3 Å². The van der Waals surface area contributed by atoms with Crippen molar-refractivity contribution < 1.29 is 14.3 Å². The minimum absolute atomic E-state index is 0.0498. The van der Waals surface area contributed by atoms with Gasteiger partial charge in [-0.15, -0.1) is 0 Å². The third-order valence-corrected chi connectivity index (χ3v) is 4.65. The van der Waals surface area contributed by atoms with Gasteiger partial charge in [-0.1, -0.05) is 6.07 Å². The molecule has 0 aliphatic carbocycles. The maximum Gasteiger partial charge on any atom is 0.221 e. The fraction of sp³-hybridized carbons (Fsp3) is 0.400. The van der Waals surface area contributed by atoms with E-state index in [2.05, 4.69) is 21.3 Å². The minimum atomic E-state index is 0.0498. The van der Waals surface area contributed by atoms with Crippen molar-refractivity contribution in [1.29, 1.82) is 0 Å². The molecule has 138 valence electrons. The van der Waals surface area contributed by atoms with Crippen LogP contribution < -0.4 is 14.8 Å². The lowest BCUT2D eigenvalue weighted by molar-refractivity contribution is -0.121. The van der Waals surface area contributed by atoms with Gasteiger partial charge in [0.25, 0.3) is 0 Å². The van der Waals surface area contributed by atoms with E-state index in [0.29, 0.717) is 13.0 Å². The van der Waals surface area contributed by atoms with Crippen LogP contribution in [0.1, 0.15) is 23.2 Å². The number of rotatable bonds is 7. The highest BCUT2D eigenvalue weighted by Gasteiger charge is 2.19. The average Bonchev–Trinajstić information content (AvgIpc) is 2.70. The molecule has 0 atom stereocenters. The highest BCUT2D eigenvalue weighted by atomic mass is 16.5. The van der Waals surface area contributed by atoms with Crippen LogP contribution in [0, 0.1) is 0 Å². The molecular formula is C20H25N3O3. The summed E-state index contributed by atoms with van der Waals surface area (Å²) in [5.74, 6) is 1.57. The number of carbonyl (C=O) groups is 1. The zero-order valence-corrected chi connectivity index (χ0v) is 15.3. The Morgan fingerprint density at radius 1 is 1.19 bits per heavy atom. The first-order chi connectivity index (χ1) is 12.7. The fourth-order valence-corrected chi connectivity index (χ4v) is 3.17. The van der Waals surface area contributed by atoms with E-state index in [1.807, 2.05) is 24.3 Å². The number of amides is 1. The molecule has 0 saturated carbocycles. The molecule has 1 aliphatic heterocycles. The topological polar surface area (TPSA) is 63.7 Å². The van der Waals surface area contributed by atoms with E-state index in [1.54, 1.807) is 20.4 Å². The number of ether oxygens (including phenoxy) is 2. The first kappa shape index (κ1) is 18.2. The van der Waals surface area contributed by atoms with Crippen LogP contribution in [0.3, 0.4) is 0 Å². The van der Waals surface area contributed by atoms with Gasteiger partial charge in [0.05, 0.1) is 26.5 Å². The molecule has 0 unspecified atom stereocenters. The predicted octanol–water partition coefficient (Wildman–Crippen LogP) is 2.16. The molecule has 1 aromatic heterocycles. The zero-order chi connectivity index (χ0) is 18.4. The summed E-state index contributed by atoms with van der Waals surface area (Å²) in [7, 11) is 3.31. The monoisotopic (exact) mass is 355 g/mol. The lowest BCUT2D eigenvalue weighted by atomic mass is 9.98. The Labute approximate surface area is 154 Å². The molecule has 0 bridgehead atoms. The van der Waals surface area contributed by atoms with E-state index < -0.39 is 0 Å². The largest absolute Gasteiger partial charge is 0.493 e. The summed E-state index contributed by atoms with van der Waals surface area (Å²) in [5.41, 5.74) is 3.40. The molecule has 0 spiro atoms. The van der Waals surface area contributed by atoms with Crippen molar-refractivity contribution in [2.45, 2.75) is 25.9 Å². The van der Waals surface area contributed by atoms with Crippen LogP contribution in [0.4, 0.5) is 0 Å². The summed E-state index contributed by atoms with van der Waals surface area (Å²) in [6.45, 7) is 2.97. The van der Waals surface area contributed by atoms with Gasteiger partial charge < -0.3 is 14.8 Å². The van der Waals surface area contributed by atoms with Crippen molar-refractivity contribution >= 4 is 5.91 Å². The maximum absolute atomic E-state index is 12.1. The van der Waals surface area contributed by atoms with Crippen LogP contribution in [0.2, 0.25) is 0 Å². The summed E-state index contributed by atoms with van der Waals surface area (Å²) in [4.78, 5) is 18.6. The Bertz CT molecular complexity index is 749. The number of aromatic nitrogens is 1. The van der Waals surface area contributed by atoms with E-state index in [4.69, 9.17) is 9.47 Å². The summed E-state index contributed by atoms with van der Waals surface area (Å²) < 4.78 is 10.8. The molecule has 6 heteroatoms. The summed E-state index contributed by atoms with van der Waals surface area (Å²) in [5, 5.41) is 2.93. The standard InChI is InChI=1S/C20H25N3O3/c1-25-18-11-15-6-9-23(14-16(15)12-19(18)26-2)10-7-20(24)22-13-17-5-3-4-8-21-17/h3-5,8,11-12H,6-7,9-10,13-14H2,1-2H3,(H,22,24). The maximum atomic E-state index is 12.1. The molecule has 1 amide bonds. The van der Waals surface area contributed by atoms with Crippen LogP contribution in [0.5, 0.6) is 11.5 Å². The van der Waals surface area contributed by atoms with Gasteiger partial charge in [-0.2, -0.15) is 0 Å². The van der Waals surface area contributed by atoms with Gasteiger partial charge in [-0.25, -0.2) is 0 Å². The number of methoxy groups -OCH3 is 2. The molecule has 6 nitrogen and oxygen atoms in total. The highest BCUT2D eigenvalue weighted by molar-refractivity contribution is 5.76. The van der Waals surface area contributed by atoms with Gasteiger partial charge in [0.15, 0.2) is 11.5 Å². The minimum Gasteiger partial charge on any atom is -0.493 e. The molecule has 3 rings (SSSR count). The van der Waals surface area contributed by atoms with Crippen molar-refractivity contribution in [1.82, 2.24) is 15.2 Å². The van der Waals surface area contributed by atoms with Crippen molar-refractivity contribution in [2.24, 2.45) is 0 Å². The van der Waals surface area contributed by atoms with Crippen LogP contribution in [0.25, 0.3) is 0 Å². The second kappa shape index (κ2) is 8.67. The fourth-order valence-electron chi connectivity index (χ4n) is 3.17. The van der Waals surface area contributed by atoms with E-state index in [9.17, 15) is 4.79 Å². The molecule has 1 N–H and O–H groups in total. The first-order valence-corrected chi connectivity index (χ1v) is 8.82. The Morgan fingerprint density at radius 3 is 2.65 bits per heavy atom. The molecule has 1 aliphatic rings. The van der Waals surface area contributed by atoms with Crippen LogP contribution in [0.15, 0.2) is 36.5 Å². The van der Waals surface area contributed by atoms with Crippen molar-refractivity contribution in [3.63, 3.8) is 0 Å². The zero-order valence-electron chi connectivity index (χ0n) is 15.3. The molecule has 0 radical (unpaired) electrons. The second-order valence-electron chi connectivity index (χ2n) is 6.35. The number of carbonyl (C=O) groups excluding carboxylic acids is 1. The quantitative estimate of drug-likeness (QED) is 0.825. The number of pyridine rings is 1. The molecule has 2 aromatic rings.